The molecule has 1 amide bonds. The minimum Gasteiger partial charge on any atom is -0.475 e. The molecule has 0 saturated carbocycles. The molecule has 2 saturated heterocycles. The summed E-state index contributed by atoms with van der Waals surface area (Å²) in [5.41, 5.74) is 0. The summed E-state index contributed by atoms with van der Waals surface area (Å²) >= 11 is 1.55. The highest BCUT2D eigenvalue weighted by molar-refractivity contribution is 7.91. The number of rotatable bonds is 4. The number of hydrogen-bond acceptors (Lipinski definition) is 6. The molecule has 2 fully saturated rings. The Hall–Kier alpha value is -1.66. The van der Waals surface area contributed by atoms with Crippen LogP contribution >= 0.6 is 11.3 Å². The van der Waals surface area contributed by atoms with Gasteiger partial charge >= 0.3 is 12.1 Å². The molecule has 0 aromatic carbocycles. The Bertz CT molecular complexity index is 803. The van der Waals surface area contributed by atoms with E-state index in [0.29, 0.717) is 25.4 Å². The smallest absolute Gasteiger partial charge is 0.475 e. The van der Waals surface area contributed by atoms with Crippen LogP contribution in [0.4, 0.5) is 13.2 Å². The summed E-state index contributed by atoms with van der Waals surface area (Å²) in [6.07, 6.45) is -1.44. The first-order chi connectivity index (χ1) is 13.5. The summed E-state index contributed by atoms with van der Waals surface area (Å²) in [6.45, 7) is 1.62. The number of hydrogen-bond donors (Lipinski definition) is 3. The number of carboxylic acid groups (broad SMARTS) is 1. The average molecular weight is 457 g/mol. The fraction of sp³-hybridized carbons (Fsp3) is 0.647. The van der Waals surface area contributed by atoms with E-state index in [1.165, 1.54) is 11.3 Å². The lowest BCUT2D eigenvalue weighted by atomic mass is 10.0. The van der Waals surface area contributed by atoms with Crippen molar-refractivity contribution in [3.63, 3.8) is 0 Å². The standard InChI is InChI=1S/C15H22N2O3S2.C2HF3O2/c18-15(17-10-11-5-8-22(19,20)9-6-11)14-4-3-13(21-14)12-2-1-7-16-12;3-2(4,5)1(6)7/h3-4,11-12,16H,1-2,5-10H2,(H,17,18);(H,6,7). The summed E-state index contributed by atoms with van der Waals surface area (Å²) in [5.74, 6) is -2.01. The molecule has 1 atom stereocenters. The van der Waals surface area contributed by atoms with E-state index in [1.807, 2.05) is 12.1 Å². The van der Waals surface area contributed by atoms with Crippen molar-refractivity contribution in [1.29, 1.82) is 0 Å². The van der Waals surface area contributed by atoms with E-state index >= 15 is 0 Å². The Morgan fingerprint density at radius 3 is 2.34 bits per heavy atom. The highest BCUT2D eigenvalue weighted by Gasteiger charge is 2.38. The SMILES string of the molecule is O=C(NCC1CCS(=O)(=O)CC1)c1ccc(C2CCCN2)s1.O=C(O)C(F)(F)F. The minimum absolute atomic E-state index is 0.0392. The molecule has 29 heavy (non-hydrogen) atoms. The van der Waals surface area contributed by atoms with E-state index in [1.54, 1.807) is 11.3 Å². The van der Waals surface area contributed by atoms with Gasteiger partial charge in [-0.2, -0.15) is 13.2 Å². The lowest BCUT2D eigenvalue weighted by molar-refractivity contribution is -0.192. The molecule has 0 spiro atoms. The normalized spacial score (nSPS) is 21.8. The molecule has 3 heterocycles. The van der Waals surface area contributed by atoms with Gasteiger partial charge in [0.05, 0.1) is 16.4 Å². The zero-order valence-corrected chi connectivity index (χ0v) is 17.1. The van der Waals surface area contributed by atoms with Crippen LogP contribution in [0.15, 0.2) is 12.1 Å². The number of halogens is 3. The van der Waals surface area contributed by atoms with Crippen LogP contribution in [0.3, 0.4) is 0 Å². The molecule has 12 heteroatoms. The van der Waals surface area contributed by atoms with E-state index in [4.69, 9.17) is 9.90 Å². The fourth-order valence-electron chi connectivity index (χ4n) is 3.06. The van der Waals surface area contributed by atoms with Crippen molar-refractivity contribution in [2.24, 2.45) is 5.92 Å². The van der Waals surface area contributed by atoms with Gasteiger partial charge in [0, 0.05) is 17.5 Å². The molecule has 2 aliphatic rings. The Morgan fingerprint density at radius 2 is 1.83 bits per heavy atom. The fourth-order valence-corrected chi connectivity index (χ4v) is 5.68. The van der Waals surface area contributed by atoms with Crippen LogP contribution in [0.1, 0.15) is 46.3 Å². The van der Waals surface area contributed by atoms with Crippen LogP contribution in [0, 0.1) is 5.92 Å². The third kappa shape index (κ3) is 7.59. The first kappa shape index (κ1) is 23.6. The number of nitrogens with one attached hydrogen (secondary N) is 2. The maximum atomic E-state index is 12.2. The summed E-state index contributed by atoms with van der Waals surface area (Å²) in [7, 11) is -2.83. The molecule has 3 N–H and O–H groups in total. The Kier molecular flexibility index (Phi) is 8.06. The van der Waals surface area contributed by atoms with Crippen molar-refractivity contribution < 1.29 is 36.3 Å². The maximum Gasteiger partial charge on any atom is 0.490 e. The molecule has 3 rings (SSSR count). The van der Waals surface area contributed by atoms with Gasteiger partial charge in [-0.05, 0) is 50.3 Å². The molecule has 1 aromatic rings. The Morgan fingerprint density at radius 1 is 1.21 bits per heavy atom. The van der Waals surface area contributed by atoms with Gasteiger partial charge in [-0.15, -0.1) is 11.3 Å². The molecule has 0 aliphatic carbocycles. The monoisotopic (exact) mass is 456 g/mol. The van der Waals surface area contributed by atoms with E-state index in [2.05, 4.69) is 10.6 Å². The van der Waals surface area contributed by atoms with Gasteiger partial charge in [0.25, 0.3) is 5.91 Å². The van der Waals surface area contributed by atoms with Crippen molar-refractivity contribution in [2.45, 2.75) is 37.9 Å². The van der Waals surface area contributed by atoms with Crippen molar-refractivity contribution in [3.8, 4) is 0 Å². The summed E-state index contributed by atoms with van der Waals surface area (Å²) in [4.78, 5) is 23.1. The summed E-state index contributed by atoms with van der Waals surface area (Å²) < 4.78 is 54.5. The van der Waals surface area contributed by atoms with Crippen LogP contribution in [0.2, 0.25) is 0 Å². The average Bonchev–Trinajstić information content (AvgIpc) is 3.31. The van der Waals surface area contributed by atoms with Gasteiger partial charge in [0.1, 0.15) is 9.84 Å². The second-order valence-electron chi connectivity index (χ2n) is 6.96. The lowest BCUT2D eigenvalue weighted by Crippen LogP contribution is -2.33. The zero-order valence-electron chi connectivity index (χ0n) is 15.5. The molecule has 1 aromatic heterocycles. The molecule has 164 valence electrons. The van der Waals surface area contributed by atoms with E-state index in [9.17, 15) is 26.4 Å². The molecule has 0 bridgehead atoms. The number of amides is 1. The number of carbonyl (C=O) groups excluding carboxylic acids is 1. The van der Waals surface area contributed by atoms with Crippen molar-refractivity contribution >= 4 is 33.1 Å². The van der Waals surface area contributed by atoms with Crippen molar-refractivity contribution in [1.82, 2.24) is 10.6 Å². The maximum absolute atomic E-state index is 12.2. The van der Waals surface area contributed by atoms with Crippen molar-refractivity contribution in [3.05, 3.63) is 21.9 Å². The molecule has 0 radical (unpaired) electrons. The predicted octanol–water partition coefficient (Wildman–Crippen LogP) is 2.36. The first-order valence-corrected chi connectivity index (χ1v) is 11.7. The van der Waals surface area contributed by atoms with E-state index < -0.39 is 22.0 Å². The van der Waals surface area contributed by atoms with E-state index in [0.717, 1.165) is 17.8 Å². The molecule has 2 aliphatic heterocycles. The van der Waals surface area contributed by atoms with Gasteiger partial charge in [-0.1, -0.05) is 0 Å². The number of thiophene rings is 1. The minimum atomic E-state index is -5.08. The van der Waals surface area contributed by atoms with Gasteiger partial charge in [-0.25, -0.2) is 13.2 Å². The topological polar surface area (TPSA) is 113 Å². The van der Waals surface area contributed by atoms with Crippen molar-refractivity contribution in [2.75, 3.05) is 24.6 Å². The molecular weight excluding hydrogens is 433 g/mol. The highest BCUT2D eigenvalue weighted by atomic mass is 32.2. The Labute approximate surface area is 170 Å². The first-order valence-electron chi connectivity index (χ1n) is 9.10. The number of sulfone groups is 1. The van der Waals surface area contributed by atoms with Gasteiger partial charge in [0.2, 0.25) is 0 Å². The van der Waals surface area contributed by atoms with Crippen LogP contribution in [-0.2, 0) is 14.6 Å². The number of aliphatic carboxylic acids is 1. The second-order valence-corrected chi connectivity index (χ2v) is 10.4. The van der Waals surface area contributed by atoms with Crippen LogP contribution in [0.5, 0.6) is 0 Å². The van der Waals surface area contributed by atoms with E-state index in [-0.39, 0.29) is 23.3 Å². The van der Waals surface area contributed by atoms with Gasteiger partial charge in [-0.3, -0.25) is 4.79 Å². The third-order valence-corrected chi connectivity index (χ3v) is 7.64. The number of carbonyl (C=O) groups is 2. The predicted molar refractivity (Wildman–Crippen MR) is 102 cm³/mol. The van der Waals surface area contributed by atoms with Gasteiger partial charge in [0.15, 0.2) is 0 Å². The van der Waals surface area contributed by atoms with Gasteiger partial charge < -0.3 is 15.7 Å². The van der Waals surface area contributed by atoms with Crippen LogP contribution < -0.4 is 10.6 Å². The largest absolute Gasteiger partial charge is 0.490 e. The quantitative estimate of drug-likeness (QED) is 0.641. The highest BCUT2D eigenvalue weighted by Crippen LogP contribution is 2.29. The van der Waals surface area contributed by atoms with Crippen LogP contribution in [-0.4, -0.2) is 56.2 Å². The number of carboxylic acids is 1. The molecule has 7 nitrogen and oxygen atoms in total. The molecule has 1 unspecified atom stereocenters. The van der Waals surface area contributed by atoms with Crippen LogP contribution in [0.25, 0.3) is 0 Å². The third-order valence-electron chi connectivity index (χ3n) is 4.72. The molecular formula is C17H23F3N2O5S2. The number of alkyl halides is 3. The Balaban J connectivity index is 0.000000370. The second kappa shape index (κ2) is 9.90. The summed E-state index contributed by atoms with van der Waals surface area (Å²) in [5, 5.41) is 13.5. The summed E-state index contributed by atoms with van der Waals surface area (Å²) in [6, 6.07) is 4.33. The zero-order chi connectivity index (χ0) is 21.7. The lowest BCUT2D eigenvalue weighted by Gasteiger charge is -2.21.